The van der Waals surface area contributed by atoms with Crippen molar-refractivity contribution in [2.45, 2.75) is 25.3 Å². The first-order valence-corrected chi connectivity index (χ1v) is 6.93. The molecule has 0 fully saturated rings. The SMILES string of the molecule is CCC(Cl)c1cnn(Cc2cc(Br)ccc2F)c1. The van der Waals surface area contributed by atoms with Crippen LogP contribution in [-0.2, 0) is 6.54 Å². The zero-order valence-corrected chi connectivity index (χ0v) is 12.2. The fourth-order valence-electron chi connectivity index (χ4n) is 1.70. The van der Waals surface area contributed by atoms with Crippen molar-refractivity contribution in [2.75, 3.05) is 0 Å². The fraction of sp³-hybridized carbons (Fsp3) is 0.308. The summed E-state index contributed by atoms with van der Waals surface area (Å²) in [6.07, 6.45) is 4.44. The number of rotatable bonds is 4. The lowest BCUT2D eigenvalue weighted by Crippen LogP contribution is -2.02. The summed E-state index contributed by atoms with van der Waals surface area (Å²) < 4.78 is 16.2. The van der Waals surface area contributed by atoms with Gasteiger partial charge in [0.15, 0.2) is 0 Å². The molecule has 1 aromatic heterocycles. The van der Waals surface area contributed by atoms with Gasteiger partial charge < -0.3 is 0 Å². The highest BCUT2D eigenvalue weighted by Crippen LogP contribution is 2.23. The number of hydrogen-bond donors (Lipinski definition) is 0. The molecule has 1 unspecified atom stereocenters. The molecular weight excluding hydrogens is 319 g/mol. The van der Waals surface area contributed by atoms with Crippen molar-refractivity contribution in [1.82, 2.24) is 9.78 Å². The molecule has 0 aliphatic carbocycles. The van der Waals surface area contributed by atoms with Gasteiger partial charge in [0.05, 0.1) is 18.1 Å². The van der Waals surface area contributed by atoms with E-state index in [1.165, 1.54) is 6.07 Å². The molecular formula is C13H13BrClFN2. The normalized spacial score (nSPS) is 12.7. The first-order valence-electron chi connectivity index (χ1n) is 5.70. The van der Waals surface area contributed by atoms with Crippen LogP contribution < -0.4 is 0 Å². The highest BCUT2D eigenvalue weighted by atomic mass is 79.9. The third-order valence-electron chi connectivity index (χ3n) is 2.71. The molecule has 18 heavy (non-hydrogen) atoms. The average molecular weight is 332 g/mol. The molecule has 0 aliphatic rings. The molecule has 5 heteroatoms. The smallest absolute Gasteiger partial charge is 0.128 e. The second kappa shape index (κ2) is 5.85. The zero-order valence-electron chi connectivity index (χ0n) is 9.91. The summed E-state index contributed by atoms with van der Waals surface area (Å²) >= 11 is 9.46. The van der Waals surface area contributed by atoms with E-state index in [0.717, 1.165) is 16.5 Å². The summed E-state index contributed by atoms with van der Waals surface area (Å²) in [6, 6.07) is 4.88. The van der Waals surface area contributed by atoms with E-state index in [2.05, 4.69) is 21.0 Å². The number of halogens is 3. The quantitative estimate of drug-likeness (QED) is 0.753. The molecule has 2 aromatic rings. The Hall–Kier alpha value is -0.870. The highest BCUT2D eigenvalue weighted by molar-refractivity contribution is 9.10. The van der Waals surface area contributed by atoms with Gasteiger partial charge in [-0.3, -0.25) is 4.68 Å². The van der Waals surface area contributed by atoms with Crippen molar-refractivity contribution in [1.29, 1.82) is 0 Å². The Balaban J connectivity index is 2.18. The molecule has 0 bridgehead atoms. The fourth-order valence-corrected chi connectivity index (χ4v) is 2.22. The molecule has 0 radical (unpaired) electrons. The molecule has 0 aliphatic heterocycles. The van der Waals surface area contributed by atoms with Crippen LogP contribution in [0, 0.1) is 5.82 Å². The van der Waals surface area contributed by atoms with Gasteiger partial charge in [-0.05, 0) is 24.6 Å². The Morgan fingerprint density at radius 3 is 3.00 bits per heavy atom. The standard InChI is InChI=1S/C13H13BrClFN2/c1-2-12(15)10-6-17-18(8-10)7-9-5-11(14)3-4-13(9)16/h3-6,8,12H,2,7H2,1H3. The molecule has 1 heterocycles. The van der Waals surface area contributed by atoms with E-state index in [-0.39, 0.29) is 11.2 Å². The summed E-state index contributed by atoms with van der Waals surface area (Å²) in [4.78, 5) is 0. The molecule has 0 N–H and O–H groups in total. The Morgan fingerprint density at radius 2 is 2.28 bits per heavy atom. The molecule has 0 spiro atoms. The van der Waals surface area contributed by atoms with Crippen molar-refractivity contribution < 1.29 is 4.39 Å². The van der Waals surface area contributed by atoms with Crippen molar-refractivity contribution in [3.8, 4) is 0 Å². The lowest BCUT2D eigenvalue weighted by atomic mass is 10.2. The first-order chi connectivity index (χ1) is 8.60. The number of hydrogen-bond acceptors (Lipinski definition) is 1. The molecule has 1 atom stereocenters. The third-order valence-corrected chi connectivity index (χ3v) is 3.77. The summed E-state index contributed by atoms with van der Waals surface area (Å²) in [5.41, 5.74) is 1.57. The summed E-state index contributed by atoms with van der Waals surface area (Å²) in [6.45, 7) is 2.42. The average Bonchev–Trinajstić information content (AvgIpc) is 2.81. The van der Waals surface area contributed by atoms with Crippen LogP contribution in [0.15, 0.2) is 35.1 Å². The molecule has 0 saturated carbocycles. The van der Waals surface area contributed by atoms with Gasteiger partial charge >= 0.3 is 0 Å². The van der Waals surface area contributed by atoms with Crippen LogP contribution in [0.4, 0.5) is 4.39 Å². The molecule has 0 amide bonds. The van der Waals surface area contributed by atoms with Gasteiger partial charge in [0.25, 0.3) is 0 Å². The second-order valence-electron chi connectivity index (χ2n) is 4.08. The number of benzene rings is 1. The van der Waals surface area contributed by atoms with Crippen LogP contribution >= 0.6 is 27.5 Å². The highest BCUT2D eigenvalue weighted by Gasteiger charge is 2.09. The predicted octanol–water partition coefficient (Wildman–Crippen LogP) is 4.52. The summed E-state index contributed by atoms with van der Waals surface area (Å²) in [5.74, 6) is -0.229. The van der Waals surface area contributed by atoms with Crippen LogP contribution in [0.1, 0.15) is 29.8 Å². The van der Waals surface area contributed by atoms with Crippen LogP contribution in [0.5, 0.6) is 0 Å². The minimum atomic E-state index is -0.229. The van der Waals surface area contributed by atoms with E-state index in [4.69, 9.17) is 11.6 Å². The minimum Gasteiger partial charge on any atom is -0.268 e. The largest absolute Gasteiger partial charge is 0.268 e. The lowest BCUT2D eigenvalue weighted by Gasteiger charge is -2.05. The Morgan fingerprint density at radius 1 is 1.50 bits per heavy atom. The Bertz CT molecular complexity index is 542. The zero-order chi connectivity index (χ0) is 13.1. The van der Waals surface area contributed by atoms with Crippen molar-refractivity contribution in [3.63, 3.8) is 0 Å². The van der Waals surface area contributed by atoms with Crippen molar-refractivity contribution in [3.05, 3.63) is 52.0 Å². The summed E-state index contributed by atoms with van der Waals surface area (Å²) in [5, 5.41) is 4.17. The number of alkyl halides is 1. The van der Waals surface area contributed by atoms with Crippen LogP contribution in [0.2, 0.25) is 0 Å². The maximum atomic E-state index is 13.6. The van der Waals surface area contributed by atoms with Gasteiger partial charge in [-0.15, -0.1) is 11.6 Å². The second-order valence-corrected chi connectivity index (χ2v) is 5.53. The van der Waals surface area contributed by atoms with Gasteiger partial charge in [-0.2, -0.15) is 5.10 Å². The number of nitrogens with zero attached hydrogens (tertiary/aromatic N) is 2. The Kier molecular flexibility index (Phi) is 4.40. The van der Waals surface area contributed by atoms with Gasteiger partial charge in [0.2, 0.25) is 0 Å². The van der Waals surface area contributed by atoms with Gasteiger partial charge in [-0.1, -0.05) is 22.9 Å². The topological polar surface area (TPSA) is 17.8 Å². The lowest BCUT2D eigenvalue weighted by molar-refractivity contribution is 0.584. The van der Waals surface area contributed by atoms with E-state index < -0.39 is 0 Å². The molecule has 96 valence electrons. The van der Waals surface area contributed by atoms with Gasteiger partial charge in [0.1, 0.15) is 5.82 Å². The molecule has 0 saturated heterocycles. The van der Waals surface area contributed by atoms with Crippen LogP contribution in [0.25, 0.3) is 0 Å². The summed E-state index contributed by atoms with van der Waals surface area (Å²) in [7, 11) is 0. The first kappa shape index (κ1) is 13.6. The van der Waals surface area contributed by atoms with Crippen LogP contribution in [0.3, 0.4) is 0 Å². The van der Waals surface area contributed by atoms with Crippen molar-refractivity contribution in [2.24, 2.45) is 0 Å². The molecule has 2 nitrogen and oxygen atoms in total. The van der Waals surface area contributed by atoms with Gasteiger partial charge in [-0.25, -0.2) is 4.39 Å². The number of aromatic nitrogens is 2. The maximum absolute atomic E-state index is 13.6. The van der Waals surface area contributed by atoms with Gasteiger partial charge in [0, 0.05) is 21.8 Å². The molecule has 1 aromatic carbocycles. The third kappa shape index (κ3) is 3.12. The van der Waals surface area contributed by atoms with E-state index in [9.17, 15) is 4.39 Å². The van der Waals surface area contributed by atoms with E-state index in [1.807, 2.05) is 13.1 Å². The Labute approximate surface area is 119 Å². The van der Waals surface area contributed by atoms with E-state index in [0.29, 0.717) is 12.1 Å². The van der Waals surface area contributed by atoms with E-state index >= 15 is 0 Å². The van der Waals surface area contributed by atoms with Crippen LogP contribution in [-0.4, -0.2) is 9.78 Å². The monoisotopic (exact) mass is 330 g/mol. The van der Waals surface area contributed by atoms with E-state index in [1.54, 1.807) is 23.0 Å². The maximum Gasteiger partial charge on any atom is 0.128 e. The minimum absolute atomic E-state index is 0.0360. The molecule has 2 rings (SSSR count). The van der Waals surface area contributed by atoms with Crippen molar-refractivity contribution >= 4 is 27.5 Å². The predicted molar refractivity (Wildman–Crippen MR) is 74.3 cm³/mol.